The molecule has 2 N–H and O–H groups in total. The number of aliphatic hydroxyl groups is 1. The van der Waals surface area contributed by atoms with E-state index < -0.39 is 0 Å². The number of aromatic nitrogens is 2. The summed E-state index contributed by atoms with van der Waals surface area (Å²) in [4.78, 5) is 11.3. The Morgan fingerprint density at radius 3 is 3.00 bits per heavy atom. The Morgan fingerprint density at radius 1 is 1.32 bits per heavy atom. The van der Waals surface area contributed by atoms with Crippen molar-refractivity contribution in [1.82, 2.24) is 9.97 Å². The second-order valence-electron chi connectivity index (χ2n) is 6.08. The highest BCUT2D eigenvalue weighted by Gasteiger charge is 2.23. The van der Waals surface area contributed by atoms with Crippen molar-refractivity contribution in [1.29, 1.82) is 0 Å². The largest absolute Gasteiger partial charge is 0.396 e. The molecule has 22 heavy (non-hydrogen) atoms. The van der Waals surface area contributed by atoms with Crippen LogP contribution in [0.2, 0.25) is 5.28 Å². The van der Waals surface area contributed by atoms with Gasteiger partial charge in [-0.1, -0.05) is 6.92 Å². The second kappa shape index (κ2) is 7.11. The third kappa shape index (κ3) is 3.36. The minimum atomic E-state index is 0.264. The van der Waals surface area contributed by atoms with Gasteiger partial charge in [0.05, 0.1) is 5.39 Å². The van der Waals surface area contributed by atoms with E-state index in [1.807, 2.05) is 0 Å². The van der Waals surface area contributed by atoms with E-state index in [0.29, 0.717) is 5.28 Å². The van der Waals surface area contributed by atoms with Gasteiger partial charge in [0.15, 0.2) is 0 Å². The quantitative estimate of drug-likeness (QED) is 0.616. The van der Waals surface area contributed by atoms with E-state index in [4.69, 9.17) is 16.7 Å². The standard InChI is InChI=1S/C16H22ClN3OS/c1-10-5-6-11-12(9-10)22-15-13(11)14(19-16(17)20-15)18-7-3-2-4-8-21/h10,21H,2-9H2,1H3,(H,18,19,20). The lowest BCUT2D eigenvalue weighted by atomic mass is 9.89. The van der Waals surface area contributed by atoms with Gasteiger partial charge >= 0.3 is 0 Å². The Hall–Kier alpha value is -0.910. The van der Waals surface area contributed by atoms with Crippen molar-refractivity contribution in [3.63, 3.8) is 0 Å². The van der Waals surface area contributed by atoms with Crippen LogP contribution in [0.1, 0.15) is 43.0 Å². The van der Waals surface area contributed by atoms with Crippen molar-refractivity contribution in [2.45, 2.75) is 45.4 Å². The normalized spacial score (nSPS) is 17.7. The van der Waals surface area contributed by atoms with Gasteiger partial charge in [0, 0.05) is 18.0 Å². The predicted octanol–water partition coefficient (Wildman–Crippen LogP) is 4.04. The average Bonchev–Trinajstić information content (AvgIpc) is 2.83. The van der Waals surface area contributed by atoms with Gasteiger partial charge in [0.1, 0.15) is 10.6 Å². The first kappa shape index (κ1) is 16.0. The number of fused-ring (bicyclic) bond motifs is 3. The Kier molecular flexibility index (Phi) is 5.16. The van der Waals surface area contributed by atoms with E-state index in [0.717, 1.165) is 55.2 Å². The summed E-state index contributed by atoms with van der Waals surface area (Å²) in [7, 11) is 0. The highest BCUT2D eigenvalue weighted by atomic mass is 35.5. The molecule has 0 bridgehead atoms. The van der Waals surface area contributed by atoms with Crippen LogP contribution in [0.3, 0.4) is 0 Å². The smallest absolute Gasteiger partial charge is 0.225 e. The lowest BCUT2D eigenvalue weighted by Gasteiger charge is -2.18. The number of halogens is 1. The molecule has 0 radical (unpaired) electrons. The third-order valence-corrected chi connectivity index (χ3v) is 5.57. The monoisotopic (exact) mass is 339 g/mol. The minimum absolute atomic E-state index is 0.264. The molecule has 2 aromatic rings. The van der Waals surface area contributed by atoms with E-state index in [9.17, 15) is 0 Å². The van der Waals surface area contributed by atoms with E-state index in [2.05, 4.69) is 22.2 Å². The van der Waals surface area contributed by atoms with Gasteiger partial charge in [-0.2, -0.15) is 0 Å². The zero-order valence-electron chi connectivity index (χ0n) is 12.9. The molecular formula is C16H22ClN3OS. The Morgan fingerprint density at radius 2 is 2.18 bits per heavy atom. The molecule has 3 rings (SSSR count). The van der Waals surface area contributed by atoms with E-state index >= 15 is 0 Å². The summed E-state index contributed by atoms with van der Waals surface area (Å²) >= 11 is 7.86. The molecule has 6 heteroatoms. The van der Waals surface area contributed by atoms with Crippen LogP contribution in [-0.2, 0) is 12.8 Å². The third-order valence-electron chi connectivity index (χ3n) is 4.26. The fraction of sp³-hybridized carbons (Fsp3) is 0.625. The SMILES string of the molecule is CC1CCc2c(sc3nc(Cl)nc(NCCCCCO)c23)C1. The second-order valence-corrected chi connectivity index (χ2v) is 7.51. The molecule has 0 fully saturated rings. The highest BCUT2D eigenvalue weighted by molar-refractivity contribution is 7.19. The number of rotatable bonds is 6. The summed E-state index contributed by atoms with van der Waals surface area (Å²) in [6.45, 7) is 3.43. The Bertz CT molecular complexity index is 658. The summed E-state index contributed by atoms with van der Waals surface area (Å²) in [5.74, 6) is 1.63. The fourth-order valence-corrected chi connectivity index (χ4v) is 4.67. The topological polar surface area (TPSA) is 58.0 Å². The molecule has 0 saturated carbocycles. The summed E-state index contributed by atoms with van der Waals surface area (Å²) < 4.78 is 0. The predicted molar refractivity (Wildman–Crippen MR) is 93.0 cm³/mol. The number of nitrogens with one attached hydrogen (secondary N) is 1. The molecule has 120 valence electrons. The maximum atomic E-state index is 8.83. The molecule has 4 nitrogen and oxygen atoms in total. The molecule has 2 heterocycles. The van der Waals surface area contributed by atoms with Gasteiger partial charge in [-0.3, -0.25) is 0 Å². The van der Waals surface area contributed by atoms with Crippen LogP contribution in [-0.4, -0.2) is 28.2 Å². The number of aliphatic hydroxyl groups excluding tert-OH is 1. The first-order valence-corrected chi connectivity index (χ1v) is 9.21. The number of aryl methyl sites for hydroxylation is 1. The van der Waals surface area contributed by atoms with Gasteiger partial charge < -0.3 is 10.4 Å². The summed E-state index contributed by atoms with van der Waals surface area (Å²) in [5, 5.41) is 13.7. The molecule has 2 aromatic heterocycles. The summed E-state index contributed by atoms with van der Waals surface area (Å²) in [6, 6.07) is 0. The van der Waals surface area contributed by atoms with Crippen LogP contribution < -0.4 is 5.32 Å². The Balaban J connectivity index is 1.85. The summed E-state index contributed by atoms with van der Waals surface area (Å²) in [6.07, 6.45) is 6.38. The van der Waals surface area contributed by atoms with Gasteiger partial charge in [-0.25, -0.2) is 9.97 Å². The number of unbranched alkanes of at least 4 members (excludes halogenated alkanes) is 2. The molecule has 1 aliphatic rings. The highest BCUT2D eigenvalue weighted by Crippen LogP contribution is 2.40. The lowest BCUT2D eigenvalue weighted by molar-refractivity contribution is 0.283. The Labute approximate surface area is 139 Å². The lowest BCUT2D eigenvalue weighted by Crippen LogP contribution is -2.10. The zero-order valence-corrected chi connectivity index (χ0v) is 14.4. The van der Waals surface area contributed by atoms with Gasteiger partial charge in [-0.05, 0) is 61.6 Å². The summed E-state index contributed by atoms with van der Waals surface area (Å²) in [5.41, 5.74) is 1.42. The molecule has 0 aliphatic heterocycles. The van der Waals surface area contributed by atoms with Crippen molar-refractivity contribution in [2.24, 2.45) is 5.92 Å². The van der Waals surface area contributed by atoms with Crippen LogP contribution in [0.5, 0.6) is 0 Å². The molecule has 1 aliphatic carbocycles. The van der Waals surface area contributed by atoms with Crippen molar-refractivity contribution >= 4 is 39.0 Å². The van der Waals surface area contributed by atoms with Crippen LogP contribution in [0.25, 0.3) is 10.2 Å². The number of anilines is 1. The molecule has 1 unspecified atom stereocenters. The van der Waals surface area contributed by atoms with E-state index in [1.165, 1.54) is 22.2 Å². The number of nitrogens with zero attached hydrogens (tertiary/aromatic N) is 2. The molecule has 0 aromatic carbocycles. The van der Waals surface area contributed by atoms with Gasteiger partial charge in [0.25, 0.3) is 0 Å². The molecule has 1 atom stereocenters. The van der Waals surface area contributed by atoms with Crippen LogP contribution in [0.4, 0.5) is 5.82 Å². The van der Waals surface area contributed by atoms with Gasteiger partial charge in [-0.15, -0.1) is 11.3 Å². The van der Waals surface area contributed by atoms with Crippen LogP contribution >= 0.6 is 22.9 Å². The molecule has 0 spiro atoms. The average molecular weight is 340 g/mol. The number of hydrogen-bond acceptors (Lipinski definition) is 5. The maximum Gasteiger partial charge on any atom is 0.225 e. The van der Waals surface area contributed by atoms with Crippen LogP contribution in [0, 0.1) is 5.92 Å². The molecule has 0 amide bonds. The molecule has 0 saturated heterocycles. The van der Waals surface area contributed by atoms with Crippen molar-refractivity contribution in [2.75, 3.05) is 18.5 Å². The number of thiophene rings is 1. The van der Waals surface area contributed by atoms with Crippen molar-refractivity contribution in [3.8, 4) is 0 Å². The van der Waals surface area contributed by atoms with E-state index in [-0.39, 0.29) is 6.61 Å². The zero-order chi connectivity index (χ0) is 15.5. The minimum Gasteiger partial charge on any atom is -0.396 e. The van der Waals surface area contributed by atoms with Gasteiger partial charge in [0.2, 0.25) is 5.28 Å². The first-order chi connectivity index (χ1) is 10.7. The van der Waals surface area contributed by atoms with Crippen molar-refractivity contribution < 1.29 is 5.11 Å². The molecular weight excluding hydrogens is 318 g/mol. The van der Waals surface area contributed by atoms with Crippen molar-refractivity contribution in [3.05, 3.63) is 15.7 Å². The van der Waals surface area contributed by atoms with E-state index in [1.54, 1.807) is 11.3 Å². The first-order valence-electron chi connectivity index (χ1n) is 8.01. The maximum absolute atomic E-state index is 8.83. The van der Waals surface area contributed by atoms with Crippen LogP contribution in [0.15, 0.2) is 0 Å². The fourth-order valence-electron chi connectivity index (χ4n) is 3.06. The number of hydrogen-bond donors (Lipinski definition) is 2.